The van der Waals surface area contributed by atoms with Crippen molar-refractivity contribution in [2.75, 3.05) is 20.2 Å². The molecule has 3 rings (SSSR count). The Kier molecular flexibility index (Phi) is 5.19. The highest BCUT2D eigenvalue weighted by atomic mass is 32.1. The molecular weight excluding hydrogens is 369 g/mol. The minimum Gasteiger partial charge on any atom is -0.491 e. The summed E-state index contributed by atoms with van der Waals surface area (Å²) in [7, 11) is 1.04. The van der Waals surface area contributed by atoms with Crippen molar-refractivity contribution in [1.82, 2.24) is 9.27 Å². The lowest BCUT2D eigenvalue weighted by Crippen LogP contribution is -2.48. The molecular formula is C17H17F3N2O3S. The molecule has 9 heteroatoms. The van der Waals surface area contributed by atoms with E-state index in [1.807, 2.05) is 13.8 Å². The van der Waals surface area contributed by atoms with Crippen LogP contribution in [0.15, 0.2) is 12.1 Å². The maximum Gasteiger partial charge on any atom is 0.265 e. The Morgan fingerprint density at radius 1 is 1.23 bits per heavy atom. The quantitative estimate of drug-likeness (QED) is 0.758. The molecule has 1 aromatic carbocycles. The summed E-state index contributed by atoms with van der Waals surface area (Å²) < 4.78 is 55.9. The predicted octanol–water partition coefficient (Wildman–Crippen LogP) is 3.49. The van der Waals surface area contributed by atoms with Crippen molar-refractivity contribution in [3.8, 4) is 17.0 Å². The third-order valence-electron chi connectivity index (χ3n) is 4.02. The molecule has 140 valence electrons. The van der Waals surface area contributed by atoms with Crippen LogP contribution in [0, 0.1) is 17.5 Å². The second kappa shape index (κ2) is 7.24. The average molecular weight is 386 g/mol. The van der Waals surface area contributed by atoms with E-state index < -0.39 is 23.2 Å². The average Bonchev–Trinajstić information content (AvgIpc) is 3.07. The van der Waals surface area contributed by atoms with Gasteiger partial charge >= 0.3 is 0 Å². The van der Waals surface area contributed by atoms with Gasteiger partial charge in [0.15, 0.2) is 17.4 Å². The normalized spacial score (nSPS) is 20.3. The number of amides is 1. The highest BCUT2D eigenvalue weighted by Crippen LogP contribution is 2.34. The maximum atomic E-state index is 14.4. The molecule has 0 N–H and O–H groups in total. The van der Waals surface area contributed by atoms with E-state index in [2.05, 4.69) is 9.11 Å². The van der Waals surface area contributed by atoms with Gasteiger partial charge in [0.25, 0.3) is 5.91 Å². The van der Waals surface area contributed by atoms with Crippen LogP contribution in [-0.4, -0.2) is 47.6 Å². The molecule has 1 aromatic heterocycles. The van der Waals surface area contributed by atoms with Crippen LogP contribution in [0.3, 0.4) is 0 Å². The van der Waals surface area contributed by atoms with Crippen LogP contribution in [0.4, 0.5) is 13.2 Å². The topological polar surface area (TPSA) is 51.7 Å². The first kappa shape index (κ1) is 18.7. The molecule has 1 aliphatic heterocycles. The number of aromatic nitrogens is 1. The zero-order chi connectivity index (χ0) is 19.0. The van der Waals surface area contributed by atoms with Crippen LogP contribution in [0.5, 0.6) is 5.75 Å². The van der Waals surface area contributed by atoms with Crippen molar-refractivity contribution in [2.24, 2.45) is 0 Å². The Morgan fingerprint density at radius 2 is 1.88 bits per heavy atom. The number of benzene rings is 1. The van der Waals surface area contributed by atoms with Crippen LogP contribution in [0.2, 0.25) is 0 Å². The molecule has 2 atom stereocenters. The summed E-state index contributed by atoms with van der Waals surface area (Å²) in [5.41, 5.74) is -0.220. The first-order chi connectivity index (χ1) is 12.3. The third-order valence-corrected chi connectivity index (χ3v) is 4.80. The van der Waals surface area contributed by atoms with Gasteiger partial charge in [-0.2, -0.15) is 8.76 Å². The molecule has 1 amide bonds. The van der Waals surface area contributed by atoms with Gasteiger partial charge in [0.1, 0.15) is 4.88 Å². The summed E-state index contributed by atoms with van der Waals surface area (Å²) in [4.78, 5) is 14.6. The van der Waals surface area contributed by atoms with Crippen LogP contribution in [-0.2, 0) is 4.74 Å². The molecule has 2 aromatic rings. The summed E-state index contributed by atoms with van der Waals surface area (Å²) in [6.45, 7) is 4.61. The number of rotatable bonds is 3. The first-order valence-electron chi connectivity index (χ1n) is 7.95. The zero-order valence-corrected chi connectivity index (χ0v) is 15.2. The lowest BCUT2D eigenvalue weighted by molar-refractivity contribution is -0.0585. The van der Waals surface area contributed by atoms with Crippen LogP contribution < -0.4 is 4.74 Å². The number of methoxy groups -OCH3 is 1. The van der Waals surface area contributed by atoms with E-state index in [0.29, 0.717) is 19.2 Å². The van der Waals surface area contributed by atoms with E-state index in [1.54, 1.807) is 4.90 Å². The fourth-order valence-electron chi connectivity index (χ4n) is 2.95. The van der Waals surface area contributed by atoms with Crippen molar-refractivity contribution >= 4 is 17.4 Å². The van der Waals surface area contributed by atoms with Gasteiger partial charge in [0.2, 0.25) is 5.82 Å². The third kappa shape index (κ3) is 3.41. The summed E-state index contributed by atoms with van der Waals surface area (Å²) in [5.74, 6) is -4.81. The minimum absolute atomic E-state index is 0.0439. The monoisotopic (exact) mass is 386 g/mol. The molecule has 2 heterocycles. The Hall–Kier alpha value is -2.13. The maximum absolute atomic E-state index is 14.4. The van der Waals surface area contributed by atoms with E-state index in [-0.39, 0.29) is 34.2 Å². The summed E-state index contributed by atoms with van der Waals surface area (Å²) >= 11 is 0.875. The summed E-state index contributed by atoms with van der Waals surface area (Å²) in [6.07, 6.45) is -0.189. The number of hydrogen-bond donors (Lipinski definition) is 0. The van der Waals surface area contributed by atoms with Crippen molar-refractivity contribution < 1.29 is 27.4 Å². The van der Waals surface area contributed by atoms with Crippen LogP contribution >= 0.6 is 11.5 Å². The lowest BCUT2D eigenvalue weighted by Gasteiger charge is -2.34. The number of hydrogen-bond acceptors (Lipinski definition) is 5. The fourth-order valence-corrected chi connectivity index (χ4v) is 3.67. The predicted molar refractivity (Wildman–Crippen MR) is 89.9 cm³/mol. The standard InChI is InChI=1S/C17H17F3N2O3S/c1-8-6-22(7-9(2)25-8)17(23)13-5-12(21-26-13)10-4-11(18)15(20)16(24-3)14(10)19/h4-5,8-9H,6-7H2,1-3H3/t8-,9+. The molecule has 1 aliphatic rings. The largest absolute Gasteiger partial charge is 0.491 e. The Labute approximate surface area is 152 Å². The van der Waals surface area contributed by atoms with Gasteiger partial charge in [-0.15, -0.1) is 0 Å². The van der Waals surface area contributed by atoms with Gasteiger partial charge in [0, 0.05) is 18.7 Å². The van der Waals surface area contributed by atoms with Gasteiger partial charge < -0.3 is 14.4 Å². The number of carbonyl (C=O) groups excluding carboxylic acids is 1. The number of ether oxygens (including phenoxy) is 2. The molecule has 0 saturated carbocycles. The number of halogens is 3. The smallest absolute Gasteiger partial charge is 0.265 e. The molecule has 0 aliphatic carbocycles. The van der Waals surface area contributed by atoms with Crippen LogP contribution in [0.1, 0.15) is 23.5 Å². The van der Waals surface area contributed by atoms with Gasteiger partial charge in [-0.05, 0) is 37.5 Å². The SMILES string of the molecule is COc1c(F)c(F)cc(-c2cc(C(=O)N3C[C@@H](C)O[C@@H](C)C3)sn2)c1F. The highest BCUT2D eigenvalue weighted by molar-refractivity contribution is 7.08. The lowest BCUT2D eigenvalue weighted by atomic mass is 10.1. The molecule has 5 nitrogen and oxygen atoms in total. The minimum atomic E-state index is -1.41. The van der Waals surface area contributed by atoms with E-state index in [1.165, 1.54) is 6.07 Å². The first-order valence-corrected chi connectivity index (χ1v) is 8.72. The van der Waals surface area contributed by atoms with Gasteiger partial charge in [-0.1, -0.05) is 0 Å². The second-order valence-corrected chi connectivity index (χ2v) is 6.92. The van der Waals surface area contributed by atoms with E-state index >= 15 is 0 Å². The van der Waals surface area contributed by atoms with Gasteiger partial charge in [0.05, 0.1) is 25.0 Å². The summed E-state index contributed by atoms with van der Waals surface area (Å²) in [6, 6.07) is 2.07. The fraction of sp³-hybridized carbons (Fsp3) is 0.412. The van der Waals surface area contributed by atoms with Crippen molar-refractivity contribution in [3.63, 3.8) is 0 Å². The summed E-state index contributed by atoms with van der Waals surface area (Å²) in [5, 5.41) is 0. The molecule has 0 unspecified atom stereocenters. The number of carbonyl (C=O) groups is 1. The molecule has 26 heavy (non-hydrogen) atoms. The van der Waals surface area contributed by atoms with Crippen molar-refractivity contribution in [3.05, 3.63) is 34.5 Å². The van der Waals surface area contributed by atoms with E-state index in [4.69, 9.17) is 4.74 Å². The number of morpholine rings is 1. The molecule has 0 spiro atoms. The molecule has 1 saturated heterocycles. The molecule has 0 bridgehead atoms. The van der Waals surface area contributed by atoms with E-state index in [0.717, 1.165) is 18.6 Å². The van der Waals surface area contributed by atoms with Crippen molar-refractivity contribution in [2.45, 2.75) is 26.1 Å². The van der Waals surface area contributed by atoms with Gasteiger partial charge in [-0.3, -0.25) is 4.79 Å². The van der Waals surface area contributed by atoms with Crippen molar-refractivity contribution in [1.29, 1.82) is 0 Å². The second-order valence-electron chi connectivity index (χ2n) is 6.11. The van der Waals surface area contributed by atoms with Crippen LogP contribution in [0.25, 0.3) is 11.3 Å². The Morgan fingerprint density at radius 3 is 2.50 bits per heavy atom. The van der Waals surface area contributed by atoms with Gasteiger partial charge in [-0.25, -0.2) is 8.78 Å². The zero-order valence-electron chi connectivity index (χ0n) is 14.4. The highest BCUT2D eigenvalue weighted by Gasteiger charge is 2.29. The Balaban J connectivity index is 1.91. The Bertz CT molecular complexity index is 833. The molecule has 1 fully saturated rings. The van der Waals surface area contributed by atoms with E-state index in [9.17, 15) is 18.0 Å². The molecule has 0 radical (unpaired) electrons. The number of nitrogens with zero attached hydrogens (tertiary/aromatic N) is 2.